The van der Waals surface area contributed by atoms with Crippen LogP contribution in [0.4, 0.5) is 5.69 Å². The van der Waals surface area contributed by atoms with Gasteiger partial charge in [-0.15, -0.1) is 0 Å². The van der Waals surface area contributed by atoms with E-state index in [1.165, 1.54) is 25.7 Å². The Bertz CT molecular complexity index is 480. The van der Waals surface area contributed by atoms with Gasteiger partial charge >= 0.3 is 0 Å². The second kappa shape index (κ2) is 7.34. The van der Waals surface area contributed by atoms with Crippen molar-refractivity contribution in [2.24, 2.45) is 11.8 Å². The van der Waals surface area contributed by atoms with Crippen LogP contribution >= 0.6 is 0 Å². The fraction of sp³-hybridized carbons (Fsp3) is 0.588. The molecule has 1 aromatic carbocycles. The molecule has 2 rings (SSSR count). The standard InChI is InChI=1S/C17H26N2O2/c1-12-6-8-13(9-7-12)10-11-19-17(20)16-14(18)4-3-5-15(16)21-2/h3-5,12-13H,6-11,18H2,1-2H3,(H,19,20). The predicted molar refractivity (Wildman–Crippen MR) is 85.5 cm³/mol. The van der Waals surface area contributed by atoms with Crippen LogP contribution in [0.25, 0.3) is 0 Å². The van der Waals surface area contributed by atoms with Crippen LogP contribution in [-0.4, -0.2) is 19.6 Å². The number of ether oxygens (including phenoxy) is 1. The molecule has 0 radical (unpaired) electrons. The van der Waals surface area contributed by atoms with Crippen LogP contribution in [0.1, 0.15) is 49.4 Å². The Kier molecular flexibility index (Phi) is 5.48. The van der Waals surface area contributed by atoms with Gasteiger partial charge in [-0.1, -0.05) is 38.7 Å². The van der Waals surface area contributed by atoms with Crippen molar-refractivity contribution in [2.45, 2.75) is 39.0 Å². The number of amides is 1. The molecule has 21 heavy (non-hydrogen) atoms. The zero-order chi connectivity index (χ0) is 15.2. The van der Waals surface area contributed by atoms with E-state index in [0.717, 1.165) is 18.3 Å². The number of nitrogens with two attached hydrogens (primary N) is 1. The Labute approximate surface area is 127 Å². The maximum absolute atomic E-state index is 12.3. The molecule has 1 amide bonds. The van der Waals surface area contributed by atoms with Gasteiger partial charge in [0, 0.05) is 12.2 Å². The lowest BCUT2D eigenvalue weighted by Gasteiger charge is -2.26. The summed E-state index contributed by atoms with van der Waals surface area (Å²) in [5, 5.41) is 2.97. The second-order valence-corrected chi connectivity index (χ2v) is 6.09. The van der Waals surface area contributed by atoms with Gasteiger partial charge in [-0.25, -0.2) is 0 Å². The van der Waals surface area contributed by atoms with Crippen molar-refractivity contribution in [1.29, 1.82) is 0 Å². The molecule has 0 heterocycles. The van der Waals surface area contributed by atoms with E-state index >= 15 is 0 Å². The summed E-state index contributed by atoms with van der Waals surface area (Å²) in [5.74, 6) is 1.99. The zero-order valence-corrected chi connectivity index (χ0v) is 13.0. The number of hydrogen-bond donors (Lipinski definition) is 2. The monoisotopic (exact) mass is 290 g/mol. The topological polar surface area (TPSA) is 64.3 Å². The molecule has 4 heteroatoms. The Morgan fingerprint density at radius 3 is 2.71 bits per heavy atom. The highest BCUT2D eigenvalue weighted by atomic mass is 16.5. The summed E-state index contributed by atoms with van der Waals surface area (Å²) in [6.45, 7) is 3.03. The molecule has 3 N–H and O–H groups in total. The molecule has 116 valence electrons. The van der Waals surface area contributed by atoms with Gasteiger partial charge in [0.25, 0.3) is 5.91 Å². The first kappa shape index (κ1) is 15.7. The largest absolute Gasteiger partial charge is 0.496 e. The minimum Gasteiger partial charge on any atom is -0.496 e. The van der Waals surface area contributed by atoms with Crippen LogP contribution in [0.5, 0.6) is 5.75 Å². The molecule has 1 fully saturated rings. The summed E-state index contributed by atoms with van der Waals surface area (Å²) >= 11 is 0. The molecule has 4 nitrogen and oxygen atoms in total. The van der Waals surface area contributed by atoms with Gasteiger partial charge in [-0.3, -0.25) is 4.79 Å². The number of rotatable bonds is 5. The van der Waals surface area contributed by atoms with Gasteiger partial charge in [0.05, 0.1) is 7.11 Å². The van der Waals surface area contributed by atoms with E-state index in [1.807, 2.05) is 0 Å². The highest BCUT2D eigenvalue weighted by Gasteiger charge is 2.19. The lowest BCUT2D eigenvalue weighted by Crippen LogP contribution is -2.28. The molecule has 0 aliphatic heterocycles. The fourth-order valence-electron chi connectivity index (χ4n) is 3.06. The summed E-state index contributed by atoms with van der Waals surface area (Å²) in [4.78, 5) is 12.3. The third kappa shape index (κ3) is 4.13. The third-order valence-electron chi connectivity index (χ3n) is 4.48. The lowest BCUT2D eigenvalue weighted by molar-refractivity contribution is 0.0947. The lowest BCUT2D eigenvalue weighted by atomic mass is 9.81. The van der Waals surface area contributed by atoms with Gasteiger partial charge in [-0.05, 0) is 30.4 Å². The van der Waals surface area contributed by atoms with Crippen molar-refractivity contribution in [3.05, 3.63) is 23.8 Å². The van der Waals surface area contributed by atoms with Crippen LogP contribution in [0, 0.1) is 11.8 Å². The normalized spacial score (nSPS) is 21.8. The first-order valence-corrected chi connectivity index (χ1v) is 7.82. The van der Waals surface area contributed by atoms with Gasteiger partial charge < -0.3 is 15.8 Å². The number of methoxy groups -OCH3 is 1. The number of nitrogen functional groups attached to an aromatic ring is 1. The number of anilines is 1. The predicted octanol–water partition coefficient (Wildman–Crippen LogP) is 3.22. The van der Waals surface area contributed by atoms with E-state index in [0.29, 0.717) is 23.5 Å². The fourth-order valence-corrected chi connectivity index (χ4v) is 3.06. The number of carbonyl (C=O) groups is 1. The Hall–Kier alpha value is -1.71. The van der Waals surface area contributed by atoms with Gasteiger partial charge in [0.2, 0.25) is 0 Å². The van der Waals surface area contributed by atoms with Crippen LogP contribution < -0.4 is 15.8 Å². The molecule has 0 spiro atoms. The summed E-state index contributed by atoms with van der Waals surface area (Å²) < 4.78 is 5.21. The minimum absolute atomic E-state index is 0.144. The molecule has 1 aliphatic rings. The van der Waals surface area contributed by atoms with E-state index < -0.39 is 0 Å². The molecule has 1 aliphatic carbocycles. The quantitative estimate of drug-likeness (QED) is 0.818. The van der Waals surface area contributed by atoms with E-state index in [2.05, 4.69) is 12.2 Å². The summed E-state index contributed by atoms with van der Waals surface area (Å²) in [6.07, 6.45) is 6.26. The molecule has 1 saturated carbocycles. The zero-order valence-electron chi connectivity index (χ0n) is 13.0. The average Bonchev–Trinajstić information content (AvgIpc) is 2.48. The van der Waals surface area contributed by atoms with E-state index in [1.54, 1.807) is 25.3 Å². The van der Waals surface area contributed by atoms with Crippen molar-refractivity contribution >= 4 is 11.6 Å². The average molecular weight is 290 g/mol. The Morgan fingerprint density at radius 1 is 1.33 bits per heavy atom. The van der Waals surface area contributed by atoms with Crippen molar-refractivity contribution in [3.63, 3.8) is 0 Å². The molecule has 1 aromatic rings. The molecular weight excluding hydrogens is 264 g/mol. The van der Waals surface area contributed by atoms with Crippen LogP contribution in [0.2, 0.25) is 0 Å². The summed E-state index contributed by atoms with van der Waals surface area (Å²) in [5.41, 5.74) is 6.79. The Balaban J connectivity index is 1.85. The maximum atomic E-state index is 12.3. The molecule has 0 bridgehead atoms. The second-order valence-electron chi connectivity index (χ2n) is 6.09. The van der Waals surface area contributed by atoms with Crippen molar-refractivity contribution in [3.8, 4) is 5.75 Å². The molecule has 0 atom stereocenters. The Morgan fingerprint density at radius 2 is 2.05 bits per heavy atom. The number of nitrogens with one attached hydrogen (secondary N) is 1. The van der Waals surface area contributed by atoms with E-state index in [-0.39, 0.29) is 5.91 Å². The first-order chi connectivity index (χ1) is 10.1. The maximum Gasteiger partial charge on any atom is 0.257 e. The van der Waals surface area contributed by atoms with Crippen LogP contribution in [-0.2, 0) is 0 Å². The van der Waals surface area contributed by atoms with Crippen LogP contribution in [0.15, 0.2) is 18.2 Å². The van der Waals surface area contributed by atoms with Crippen molar-refractivity contribution in [2.75, 3.05) is 19.4 Å². The number of benzene rings is 1. The minimum atomic E-state index is -0.144. The summed E-state index contributed by atoms with van der Waals surface area (Å²) in [6, 6.07) is 5.27. The molecule has 0 aromatic heterocycles. The number of carbonyl (C=O) groups excluding carboxylic acids is 1. The van der Waals surface area contributed by atoms with E-state index in [9.17, 15) is 4.79 Å². The SMILES string of the molecule is COc1cccc(N)c1C(=O)NCCC1CCC(C)CC1. The molecular formula is C17H26N2O2. The van der Waals surface area contributed by atoms with Crippen LogP contribution in [0.3, 0.4) is 0 Å². The van der Waals surface area contributed by atoms with Crippen molar-refractivity contribution < 1.29 is 9.53 Å². The van der Waals surface area contributed by atoms with Gasteiger partial charge in [0.15, 0.2) is 0 Å². The van der Waals surface area contributed by atoms with E-state index in [4.69, 9.17) is 10.5 Å². The van der Waals surface area contributed by atoms with Gasteiger partial charge in [0.1, 0.15) is 11.3 Å². The highest BCUT2D eigenvalue weighted by Crippen LogP contribution is 2.30. The molecule has 0 unspecified atom stereocenters. The third-order valence-corrected chi connectivity index (χ3v) is 4.48. The van der Waals surface area contributed by atoms with Gasteiger partial charge in [-0.2, -0.15) is 0 Å². The molecule has 0 saturated heterocycles. The van der Waals surface area contributed by atoms with Crippen molar-refractivity contribution in [1.82, 2.24) is 5.32 Å². The summed E-state index contributed by atoms with van der Waals surface area (Å²) in [7, 11) is 1.55. The first-order valence-electron chi connectivity index (χ1n) is 7.82. The smallest absolute Gasteiger partial charge is 0.257 e. The number of hydrogen-bond acceptors (Lipinski definition) is 3. The highest BCUT2D eigenvalue weighted by molar-refractivity contribution is 6.01.